The number of rotatable bonds is 5. The van der Waals surface area contributed by atoms with E-state index in [9.17, 15) is 4.79 Å². The van der Waals surface area contributed by atoms with Crippen molar-refractivity contribution >= 4 is 17.7 Å². The molecule has 5 nitrogen and oxygen atoms in total. The smallest absolute Gasteiger partial charge is 0.248 e. The van der Waals surface area contributed by atoms with Gasteiger partial charge >= 0.3 is 0 Å². The molecular weight excluding hydrogens is 304 g/mol. The molecule has 0 aliphatic rings. The summed E-state index contributed by atoms with van der Waals surface area (Å²) in [6, 6.07) is 15.0. The number of nitrogens with zero attached hydrogens (tertiary/aromatic N) is 1. The number of hydrogen-bond acceptors (Lipinski definition) is 4. The summed E-state index contributed by atoms with van der Waals surface area (Å²) in [5.41, 5.74) is 2.37. The van der Waals surface area contributed by atoms with Crippen LogP contribution < -0.4 is 10.1 Å². The fraction of sp³-hybridized carbons (Fsp3) is 0.0526. The van der Waals surface area contributed by atoms with Crippen molar-refractivity contribution < 1.29 is 13.9 Å². The molecule has 120 valence electrons. The van der Waals surface area contributed by atoms with Crippen LogP contribution >= 0.6 is 0 Å². The highest BCUT2D eigenvalue weighted by molar-refractivity contribution is 6.02. The van der Waals surface area contributed by atoms with Gasteiger partial charge in [-0.05, 0) is 23.8 Å². The Morgan fingerprint density at radius 1 is 1.21 bits per heavy atom. The maximum absolute atomic E-state index is 12.0. The minimum absolute atomic E-state index is 0.215. The van der Waals surface area contributed by atoms with Crippen LogP contribution in [0.1, 0.15) is 5.56 Å². The van der Waals surface area contributed by atoms with E-state index in [2.05, 4.69) is 10.3 Å². The van der Waals surface area contributed by atoms with Crippen molar-refractivity contribution in [2.24, 2.45) is 0 Å². The van der Waals surface area contributed by atoms with Crippen molar-refractivity contribution in [3.05, 3.63) is 72.8 Å². The summed E-state index contributed by atoms with van der Waals surface area (Å²) in [6.07, 6.45) is 6.22. The fourth-order valence-corrected chi connectivity index (χ4v) is 2.24. The van der Waals surface area contributed by atoms with E-state index < -0.39 is 0 Å². The molecule has 0 unspecified atom stereocenters. The van der Waals surface area contributed by atoms with Crippen molar-refractivity contribution in [2.75, 3.05) is 12.4 Å². The van der Waals surface area contributed by atoms with Gasteiger partial charge in [-0.2, -0.15) is 0 Å². The summed E-state index contributed by atoms with van der Waals surface area (Å²) in [6.45, 7) is 0. The van der Waals surface area contributed by atoms with Gasteiger partial charge in [-0.1, -0.05) is 30.3 Å². The molecule has 3 rings (SSSR count). The maximum Gasteiger partial charge on any atom is 0.248 e. The van der Waals surface area contributed by atoms with E-state index in [1.165, 1.54) is 12.5 Å². The highest BCUT2D eigenvalue weighted by atomic mass is 16.5. The van der Waals surface area contributed by atoms with Crippen molar-refractivity contribution in [1.82, 2.24) is 4.98 Å². The molecular formula is C19H16N2O3. The molecule has 1 heterocycles. The first-order valence-corrected chi connectivity index (χ1v) is 7.37. The molecule has 24 heavy (non-hydrogen) atoms. The first kappa shape index (κ1) is 15.6. The second-order valence-corrected chi connectivity index (χ2v) is 5.01. The second kappa shape index (κ2) is 7.28. The molecule has 1 N–H and O–H groups in total. The number of methoxy groups -OCH3 is 1. The predicted octanol–water partition coefficient (Wildman–Crippen LogP) is 4.00. The SMILES string of the molecule is COc1cc(NC(=O)/C=C/c2ccccc2)ccc1-c1cnco1. The Morgan fingerprint density at radius 3 is 2.75 bits per heavy atom. The van der Waals surface area contributed by atoms with Crippen LogP contribution in [0.3, 0.4) is 0 Å². The zero-order chi connectivity index (χ0) is 16.8. The van der Waals surface area contributed by atoms with Crippen LogP contribution in [0.5, 0.6) is 5.75 Å². The van der Waals surface area contributed by atoms with Crippen molar-refractivity contribution in [3.63, 3.8) is 0 Å². The van der Waals surface area contributed by atoms with Gasteiger partial charge in [0.2, 0.25) is 5.91 Å². The molecule has 0 saturated heterocycles. The molecule has 2 aromatic carbocycles. The van der Waals surface area contributed by atoms with Crippen LogP contribution in [0.2, 0.25) is 0 Å². The highest BCUT2D eigenvalue weighted by Gasteiger charge is 2.10. The summed E-state index contributed by atoms with van der Waals surface area (Å²) in [4.78, 5) is 15.9. The lowest BCUT2D eigenvalue weighted by Gasteiger charge is -2.09. The minimum Gasteiger partial charge on any atom is -0.496 e. The minimum atomic E-state index is -0.215. The number of amides is 1. The van der Waals surface area contributed by atoms with Gasteiger partial charge in [0.25, 0.3) is 0 Å². The van der Waals surface area contributed by atoms with E-state index in [0.29, 0.717) is 17.2 Å². The Kier molecular flexibility index (Phi) is 4.72. The molecule has 0 atom stereocenters. The number of hydrogen-bond donors (Lipinski definition) is 1. The number of benzene rings is 2. The summed E-state index contributed by atoms with van der Waals surface area (Å²) >= 11 is 0. The molecule has 0 bridgehead atoms. The van der Waals surface area contributed by atoms with Gasteiger partial charge in [0, 0.05) is 17.8 Å². The predicted molar refractivity (Wildman–Crippen MR) is 92.6 cm³/mol. The largest absolute Gasteiger partial charge is 0.496 e. The molecule has 0 spiro atoms. The van der Waals surface area contributed by atoms with Crippen LogP contribution in [0.15, 0.2) is 71.6 Å². The van der Waals surface area contributed by atoms with Gasteiger partial charge in [0.05, 0.1) is 18.9 Å². The number of nitrogens with one attached hydrogen (secondary N) is 1. The standard InChI is InChI=1S/C19H16N2O3/c1-23-17-11-15(8-9-16(17)18-12-20-13-24-18)21-19(22)10-7-14-5-3-2-4-6-14/h2-13H,1H3,(H,21,22)/b10-7+. The Morgan fingerprint density at radius 2 is 2.04 bits per heavy atom. The van der Waals surface area contributed by atoms with Crippen LogP contribution in [0.4, 0.5) is 5.69 Å². The van der Waals surface area contributed by atoms with E-state index >= 15 is 0 Å². The first-order chi connectivity index (χ1) is 11.8. The molecule has 0 aliphatic carbocycles. The fourth-order valence-electron chi connectivity index (χ4n) is 2.24. The number of anilines is 1. The number of aromatic nitrogens is 1. The van der Waals surface area contributed by atoms with Crippen molar-refractivity contribution in [2.45, 2.75) is 0 Å². The molecule has 0 radical (unpaired) electrons. The van der Waals surface area contributed by atoms with E-state index in [-0.39, 0.29) is 5.91 Å². The Labute approximate surface area is 139 Å². The second-order valence-electron chi connectivity index (χ2n) is 5.01. The lowest BCUT2D eigenvalue weighted by atomic mass is 10.1. The first-order valence-electron chi connectivity index (χ1n) is 7.37. The third-order valence-corrected chi connectivity index (χ3v) is 3.39. The van der Waals surface area contributed by atoms with Crippen LogP contribution in [-0.4, -0.2) is 18.0 Å². The molecule has 3 aromatic rings. The van der Waals surface area contributed by atoms with Crippen molar-refractivity contribution in [3.8, 4) is 17.1 Å². The number of carbonyl (C=O) groups excluding carboxylic acids is 1. The topological polar surface area (TPSA) is 64.4 Å². The third kappa shape index (κ3) is 3.70. The van der Waals surface area contributed by atoms with Gasteiger partial charge in [-0.15, -0.1) is 0 Å². The molecule has 0 saturated carbocycles. The normalized spacial score (nSPS) is 10.7. The van der Waals surface area contributed by atoms with Gasteiger partial charge in [0.15, 0.2) is 12.2 Å². The summed E-state index contributed by atoms with van der Waals surface area (Å²) in [7, 11) is 1.57. The number of ether oxygens (including phenoxy) is 1. The van der Waals surface area contributed by atoms with Gasteiger partial charge in [0.1, 0.15) is 5.75 Å². The summed E-state index contributed by atoms with van der Waals surface area (Å²) in [5.74, 6) is 0.985. The van der Waals surface area contributed by atoms with Gasteiger partial charge in [-0.3, -0.25) is 4.79 Å². The van der Waals surface area contributed by atoms with E-state index in [0.717, 1.165) is 11.1 Å². The lowest BCUT2D eigenvalue weighted by Crippen LogP contribution is -2.07. The quantitative estimate of drug-likeness (QED) is 0.722. The molecule has 0 fully saturated rings. The van der Waals surface area contributed by atoms with E-state index in [1.807, 2.05) is 36.4 Å². The highest BCUT2D eigenvalue weighted by Crippen LogP contribution is 2.32. The third-order valence-electron chi connectivity index (χ3n) is 3.39. The molecule has 1 amide bonds. The number of carbonyl (C=O) groups is 1. The monoisotopic (exact) mass is 320 g/mol. The van der Waals surface area contributed by atoms with Gasteiger partial charge in [-0.25, -0.2) is 4.98 Å². The number of oxazole rings is 1. The summed E-state index contributed by atoms with van der Waals surface area (Å²) in [5, 5.41) is 2.81. The van der Waals surface area contributed by atoms with Crippen molar-refractivity contribution in [1.29, 1.82) is 0 Å². The van der Waals surface area contributed by atoms with E-state index in [4.69, 9.17) is 9.15 Å². The Hall–Kier alpha value is -3.34. The summed E-state index contributed by atoms with van der Waals surface area (Å²) < 4.78 is 10.6. The Balaban J connectivity index is 1.73. The average Bonchev–Trinajstić information content (AvgIpc) is 3.15. The maximum atomic E-state index is 12.0. The Bertz CT molecular complexity index is 840. The molecule has 1 aromatic heterocycles. The van der Waals surface area contributed by atoms with Crippen LogP contribution in [0, 0.1) is 0 Å². The van der Waals surface area contributed by atoms with Crippen LogP contribution in [-0.2, 0) is 4.79 Å². The van der Waals surface area contributed by atoms with Crippen LogP contribution in [0.25, 0.3) is 17.4 Å². The molecule has 0 aliphatic heterocycles. The van der Waals surface area contributed by atoms with Gasteiger partial charge < -0.3 is 14.5 Å². The van der Waals surface area contributed by atoms with E-state index in [1.54, 1.807) is 31.5 Å². The average molecular weight is 320 g/mol. The lowest BCUT2D eigenvalue weighted by molar-refractivity contribution is -0.111. The molecule has 5 heteroatoms. The zero-order valence-corrected chi connectivity index (χ0v) is 13.1. The zero-order valence-electron chi connectivity index (χ0n) is 13.1.